The van der Waals surface area contributed by atoms with Crippen LogP contribution in [-0.4, -0.2) is 48.5 Å². The van der Waals surface area contributed by atoms with Gasteiger partial charge in [0.05, 0.1) is 18.1 Å². The zero-order valence-electron chi connectivity index (χ0n) is 11.4. The Kier molecular flexibility index (Phi) is 4.82. The predicted octanol–water partition coefficient (Wildman–Crippen LogP) is 0.257. The third-order valence-electron chi connectivity index (χ3n) is 2.54. The largest absolute Gasteiger partial charge is 0.348 e. The van der Waals surface area contributed by atoms with E-state index in [0.29, 0.717) is 12.2 Å². The summed E-state index contributed by atoms with van der Waals surface area (Å²) >= 11 is 0. The molecule has 1 unspecified atom stereocenters. The van der Waals surface area contributed by atoms with Gasteiger partial charge in [0.25, 0.3) is 0 Å². The van der Waals surface area contributed by atoms with E-state index in [1.165, 1.54) is 38.3 Å². The summed E-state index contributed by atoms with van der Waals surface area (Å²) in [6.07, 6.45) is 3.44. The first-order valence-electron chi connectivity index (χ1n) is 5.81. The second-order valence-electron chi connectivity index (χ2n) is 4.26. The summed E-state index contributed by atoms with van der Waals surface area (Å²) in [5.74, 6) is 0.138. The Morgan fingerprint density at radius 3 is 2.32 bits per heavy atom. The summed E-state index contributed by atoms with van der Waals surface area (Å²) in [5.41, 5.74) is 0.246. The van der Waals surface area contributed by atoms with Gasteiger partial charge in [-0.2, -0.15) is 0 Å². The summed E-state index contributed by atoms with van der Waals surface area (Å²) in [5, 5.41) is -1.17. The Morgan fingerprint density at radius 2 is 1.89 bits per heavy atom. The Bertz CT molecular complexity index is 540. The highest BCUT2D eigenvalue weighted by Crippen LogP contribution is 2.11. The second kappa shape index (κ2) is 5.96. The molecule has 1 amide bonds. The van der Waals surface area contributed by atoms with Crippen molar-refractivity contribution in [3.63, 3.8) is 0 Å². The minimum atomic E-state index is -3.80. The number of nitrogens with zero attached hydrogens (tertiary/aromatic N) is 3. The first-order valence-corrected chi connectivity index (χ1v) is 7.36. The highest BCUT2D eigenvalue weighted by Gasteiger charge is 2.29. The van der Waals surface area contributed by atoms with Gasteiger partial charge in [-0.15, -0.1) is 0 Å². The number of hydrogen-bond acceptors (Lipinski definition) is 5. The van der Waals surface area contributed by atoms with Gasteiger partial charge in [-0.25, -0.2) is 18.4 Å². The molecule has 1 heterocycles. The summed E-state index contributed by atoms with van der Waals surface area (Å²) in [7, 11) is -0.783. The minimum Gasteiger partial charge on any atom is -0.348 e. The van der Waals surface area contributed by atoms with E-state index >= 15 is 0 Å². The molecule has 0 radical (unpaired) electrons. The maximum Gasteiger partial charge on any atom is 0.244 e. The standard InChI is InChI=1S/C11H18N4O3S/c1-5-10-12-6-9(7-13-10)14-19(17,18)8(2)11(16)15(3)4/h6-8,14H,5H2,1-4H3. The van der Waals surface area contributed by atoms with E-state index in [1.807, 2.05) is 6.92 Å². The Morgan fingerprint density at radius 1 is 1.37 bits per heavy atom. The van der Waals surface area contributed by atoms with Gasteiger partial charge in [0.2, 0.25) is 15.9 Å². The summed E-state index contributed by atoms with van der Waals surface area (Å²) in [4.78, 5) is 20.9. The number of anilines is 1. The van der Waals surface area contributed by atoms with Crippen LogP contribution < -0.4 is 4.72 Å². The third kappa shape index (κ3) is 3.88. The van der Waals surface area contributed by atoms with Crippen molar-refractivity contribution in [1.29, 1.82) is 0 Å². The SMILES string of the molecule is CCc1ncc(NS(=O)(=O)C(C)C(=O)N(C)C)cn1. The quantitative estimate of drug-likeness (QED) is 0.838. The average molecular weight is 286 g/mol. The van der Waals surface area contributed by atoms with Gasteiger partial charge in [-0.05, 0) is 6.92 Å². The van der Waals surface area contributed by atoms with Gasteiger partial charge in [0.15, 0.2) is 5.25 Å². The molecule has 7 nitrogen and oxygen atoms in total. The predicted molar refractivity (Wildman–Crippen MR) is 72.1 cm³/mol. The van der Waals surface area contributed by atoms with Crippen molar-refractivity contribution in [2.75, 3.05) is 18.8 Å². The number of sulfonamides is 1. The van der Waals surface area contributed by atoms with Crippen LogP contribution in [0.1, 0.15) is 19.7 Å². The molecule has 0 fully saturated rings. The lowest BCUT2D eigenvalue weighted by atomic mass is 10.4. The van der Waals surface area contributed by atoms with E-state index in [0.717, 1.165) is 0 Å². The van der Waals surface area contributed by atoms with E-state index < -0.39 is 21.2 Å². The van der Waals surface area contributed by atoms with Crippen LogP contribution in [0.4, 0.5) is 5.69 Å². The summed E-state index contributed by atoms with van der Waals surface area (Å²) < 4.78 is 26.3. The number of aryl methyl sites for hydroxylation is 1. The maximum absolute atomic E-state index is 12.0. The number of hydrogen-bond donors (Lipinski definition) is 1. The zero-order chi connectivity index (χ0) is 14.6. The lowest BCUT2D eigenvalue weighted by molar-refractivity contribution is -0.127. The maximum atomic E-state index is 12.0. The lowest BCUT2D eigenvalue weighted by Gasteiger charge is -2.17. The molecule has 106 valence electrons. The highest BCUT2D eigenvalue weighted by atomic mass is 32.2. The van der Waals surface area contributed by atoms with Crippen molar-refractivity contribution in [3.8, 4) is 0 Å². The van der Waals surface area contributed by atoms with Crippen molar-refractivity contribution in [3.05, 3.63) is 18.2 Å². The van der Waals surface area contributed by atoms with Crippen LogP contribution in [-0.2, 0) is 21.2 Å². The van der Waals surface area contributed by atoms with Crippen LogP contribution >= 0.6 is 0 Å². The molecular weight excluding hydrogens is 268 g/mol. The van der Waals surface area contributed by atoms with Crippen LogP contribution in [0, 0.1) is 0 Å². The average Bonchev–Trinajstić information content (AvgIpc) is 2.37. The molecule has 1 aromatic rings. The van der Waals surface area contributed by atoms with Crippen LogP contribution in [0.3, 0.4) is 0 Å². The first kappa shape index (κ1) is 15.4. The van der Waals surface area contributed by atoms with Crippen LogP contribution in [0.25, 0.3) is 0 Å². The molecule has 0 aliphatic carbocycles. The molecular formula is C11H18N4O3S. The molecule has 0 spiro atoms. The monoisotopic (exact) mass is 286 g/mol. The molecule has 19 heavy (non-hydrogen) atoms. The van der Waals surface area contributed by atoms with Crippen molar-refractivity contribution in [1.82, 2.24) is 14.9 Å². The molecule has 0 bridgehead atoms. The normalized spacial score (nSPS) is 12.8. The van der Waals surface area contributed by atoms with E-state index in [-0.39, 0.29) is 5.69 Å². The van der Waals surface area contributed by atoms with E-state index in [2.05, 4.69) is 14.7 Å². The lowest BCUT2D eigenvalue weighted by Crippen LogP contribution is -2.39. The van der Waals surface area contributed by atoms with Crippen LogP contribution in [0.5, 0.6) is 0 Å². The molecule has 1 rings (SSSR count). The van der Waals surface area contributed by atoms with E-state index in [4.69, 9.17) is 0 Å². The van der Waals surface area contributed by atoms with Gasteiger partial charge >= 0.3 is 0 Å². The molecule has 0 aromatic carbocycles. The fourth-order valence-corrected chi connectivity index (χ4v) is 2.43. The number of aromatic nitrogens is 2. The van der Waals surface area contributed by atoms with Crippen molar-refractivity contribution in [2.45, 2.75) is 25.5 Å². The molecule has 0 saturated carbocycles. The topological polar surface area (TPSA) is 92.3 Å². The number of carbonyl (C=O) groups excluding carboxylic acids is 1. The highest BCUT2D eigenvalue weighted by molar-refractivity contribution is 7.94. The first-order chi connectivity index (χ1) is 8.77. The molecule has 0 aliphatic heterocycles. The van der Waals surface area contributed by atoms with Crippen LogP contribution in [0.2, 0.25) is 0 Å². The zero-order valence-corrected chi connectivity index (χ0v) is 12.2. The molecule has 1 N–H and O–H groups in total. The minimum absolute atomic E-state index is 0.246. The smallest absolute Gasteiger partial charge is 0.244 e. The van der Waals surface area contributed by atoms with E-state index in [9.17, 15) is 13.2 Å². The van der Waals surface area contributed by atoms with Gasteiger partial charge in [0, 0.05) is 20.5 Å². The molecule has 8 heteroatoms. The second-order valence-corrected chi connectivity index (χ2v) is 6.26. The number of amides is 1. The Hall–Kier alpha value is -1.70. The van der Waals surface area contributed by atoms with Gasteiger partial charge in [0.1, 0.15) is 5.82 Å². The summed E-state index contributed by atoms with van der Waals surface area (Å²) in [6.45, 7) is 3.24. The van der Waals surface area contributed by atoms with Gasteiger partial charge in [-0.1, -0.05) is 6.92 Å². The van der Waals surface area contributed by atoms with E-state index in [1.54, 1.807) is 0 Å². The van der Waals surface area contributed by atoms with Gasteiger partial charge in [-0.3, -0.25) is 9.52 Å². The molecule has 0 saturated heterocycles. The van der Waals surface area contributed by atoms with Crippen molar-refractivity contribution in [2.24, 2.45) is 0 Å². The van der Waals surface area contributed by atoms with Crippen molar-refractivity contribution >= 4 is 21.6 Å². The Labute approximate surface area is 113 Å². The fraction of sp³-hybridized carbons (Fsp3) is 0.545. The molecule has 0 aliphatic rings. The fourth-order valence-electron chi connectivity index (χ4n) is 1.34. The third-order valence-corrected chi connectivity index (χ3v) is 4.19. The van der Waals surface area contributed by atoms with Crippen LogP contribution in [0.15, 0.2) is 12.4 Å². The number of nitrogens with one attached hydrogen (secondary N) is 1. The van der Waals surface area contributed by atoms with Crippen molar-refractivity contribution < 1.29 is 13.2 Å². The summed E-state index contributed by atoms with van der Waals surface area (Å²) in [6, 6.07) is 0. The molecule has 1 atom stereocenters. The van der Waals surface area contributed by atoms with Gasteiger partial charge < -0.3 is 4.90 Å². The number of carbonyl (C=O) groups is 1. The molecule has 1 aromatic heterocycles. The number of rotatable bonds is 5. The Balaban J connectivity index is 2.87.